The van der Waals surface area contributed by atoms with Crippen LogP contribution >= 0.6 is 22.7 Å². The smallest absolute Gasteiger partial charge is 0.259 e. The highest BCUT2D eigenvalue weighted by molar-refractivity contribution is 7.16. The Bertz CT molecular complexity index is 1030. The highest BCUT2D eigenvalue weighted by Gasteiger charge is 2.10. The molecule has 0 fully saturated rings. The Morgan fingerprint density at radius 1 is 1.13 bits per heavy atom. The SMILES string of the molecule is O=c1cc(/C=C/c2cccnc2)nc2scc(-c3cccs3)n12. The van der Waals surface area contributed by atoms with Gasteiger partial charge in [-0.2, -0.15) is 0 Å². The van der Waals surface area contributed by atoms with Crippen molar-refractivity contribution in [2.75, 3.05) is 0 Å². The number of aromatic nitrogens is 3. The predicted octanol–water partition coefficient (Wildman–Crippen LogP) is 4.05. The van der Waals surface area contributed by atoms with Gasteiger partial charge in [-0.1, -0.05) is 18.2 Å². The van der Waals surface area contributed by atoms with Gasteiger partial charge in [-0.3, -0.25) is 14.2 Å². The predicted molar refractivity (Wildman–Crippen MR) is 95.8 cm³/mol. The van der Waals surface area contributed by atoms with Gasteiger partial charge in [-0.25, -0.2) is 4.98 Å². The number of nitrogens with zero attached hydrogens (tertiary/aromatic N) is 3. The highest BCUT2D eigenvalue weighted by atomic mass is 32.1. The number of pyridine rings is 1. The summed E-state index contributed by atoms with van der Waals surface area (Å²) in [6.07, 6.45) is 7.23. The van der Waals surface area contributed by atoms with Crippen molar-refractivity contribution in [3.05, 3.63) is 75.1 Å². The van der Waals surface area contributed by atoms with Gasteiger partial charge in [-0.15, -0.1) is 22.7 Å². The average Bonchev–Trinajstić information content (AvgIpc) is 3.23. The summed E-state index contributed by atoms with van der Waals surface area (Å²) in [7, 11) is 0. The lowest BCUT2D eigenvalue weighted by Crippen LogP contribution is -2.13. The maximum Gasteiger partial charge on any atom is 0.259 e. The van der Waals surface area contributed by atoms with E-state index in [1.165, 1.54) is 11.3 Å². The molecule has 0 aromatic carbocycles. The zero-order valence-corrected chi connectivity index (χ0v) is 13.6. The lowest BCUT2D eigenvalue weighted by atomic mass is 10.2. The Balaban J connectivity index is 1.77. The van der Waals surface area contributed by atoms with E-state index in [4.69, 9.17) is 0 Å². The summed E-state index contributed by atoms with van der Waals surface area (Å²) in [5.41, 5.74) is 2.46. The minimum Gasteiger partial charge on any atom is -0.269 e. The first-order valence-electron chi connectivity index (χ1n) is 6.94. The fourth-order valence-corrected chi connectivity index (χ4v) is 3.98. The molecule has 0 aliphatic rings. The van der Waals surface area contributed by atoms with Crippen molar-refractivity contribution in [1.29, 1.82) is 0 Å². The summed E-state index contributed by atoms with van der Waals surface area (Å²) >= 11 is 3.09. The lowest BCUT2D eigenvalue weighted by molar-refractivity contribution is 1.08. The van der Waals surface area contributed by atoms with Crippen LogP contribution in [0.1, 0.15) is 11.3 Å². The number of fused-ring (bicyclic) bond motifs is 1. The number of hydrogen-bond donors (Lipinski definition) is 0. The van der Waals surface area contributed by atoms with Gasteiger partial charge < -0.3 is 0 Å². The first-order valence-corrected chi connectivity index (χ1v) is 8.70. The molecule has 0 amide bonds. The van der Waals surface area contributed by atoms with Crippen molar-refractivity contribution in [1.82, 2.24) is 14.4 Å². The largest absolute Gasteiger partial charge is 0.269 e. The Hall–Kier alpha value is -2.57. The molecule has 6 heteroatoms. The van der Waals surface area contributed by atoms with Crippen LogP contribution in [0.25, 0.3) is 27.7 Å². The zero-order valence-electron chi connectivity index (χ0n) is 11.9. The Kier molecular flexibility index (Phi) is 3.61. The Morgan fingerprint density at radius 2 is 2.09 bits per heavy atom. The van der Waals surface area contributed by atoms with E-state index < -0.39 is 0 Å². The average molecular weight is 337 g/mol. The second-order valence-electron chi connectivity index (χ2n) is 4.86. The van der Waals surface area contributed by atoms with Gasteiger partial charge in [0, 0.05) is 23.8 Å². The number of thiazole rings is 1. The molecule has 0 saturated carbocycles. The van der Waals surface area contributed by atoms with Crippen LogP contribution in [0.15, 0.2) is 58.3 Å². The summed E-state index contributed by atoms with van der Waals surface area (Å²) in [6, 6.07) is 9.37. The summed E-state index contributed by atoms with van der Waals surface area (Å²) in [4.78, 5) is 22.9. The first-order chi connectivity index (χ1) is 11.3. The fraction of sp³-hybridized carbons (Fsp3) is 0. The normalized spacial score (nSPS) is 11.5. The van der Waals surface area contributed by atoms with Crippen LogP contribution in [0.5, 0.6) is 0 Å². The van der Waals surface area contributed by atoms with E-state index in [0.29, 0.717) is 10.7 Å². The molecule has 4 aromatic heterocycles. The molecule has 0 spiro atoms. The minimum absolute atomic E-state index is 0.0644. The van der Waals surface area contributed by atoms with Crippen LogP contribution in [0.2, 0.25) is 0 Å². The molecule has 4 nitrogen and oxygen atoms in total. The molecule has 0 aliphatic heterocycles. The van der Waals surface area contributed by atoms with Gasteiger partial charge in [0.25, 0.3) is 5.56 Å². The molecular weight excluding hydrogens is 326 g/mol. The molecule has 0 N–H and O–H groups in total. The van der Waals surface area contributed by atoms with Gasteiger partial charge >= 0.3 is 0 Å². The van der Waals surface area contributed by atoms with Gasteiger partial charge in [0.15, 0.2) is 4.96 Å². The molecule has 0 bridgehead atoms. The molecule has 0 atom stereocenters. The van der Waals surface area contributed by atoms with E-state index in [9.17, 15) is 4.79 Å². The van der Waals surface area contributed by atoms with Crippen LogP contribution in [0.3, 0.4) is 0 Å². The van der Waals surface area contributed by atoms with Crippen LogP contribution in [0, 0.1) is 0 Å². The third-order valence-corrected chi connectivity index (χ3v) is 5.05. The Labute approximate surface area is 140 Å². The van der Waals surface area contributed by atoms with Crippen molar-refractivity contribution in [2.45, 2.75) is 0 Å². The summed E-state index contributed by atoms with van der Waals surface area (Å²) in [6.45, 7) is 0. The third kappa shape index (κ3) is 2.74. The topological polar surface area (TPSA) is 47.3 Å². The molecule has 0 aliphatic carbocycles. The summed E-state index contributed by atoms with van der Waals surface area (Å²) in [5, 5.41) is 3.98. The van der Waals surface area contributed by atoms with Crippen molar-refractivity contribution < 1.29 is 0 Å². The van der Waals surface area contributed by atoms with Crippen LogP contribution < -0.4 is 5.56 Å². The van der Waals surface area contributed by atoms with Crippen molar-refractivity contribution in [2.24, 2.45) is 0 Å². The number of rotatable bonds is 3. The second-order valence-corrected chi connectivity index (χ2v) is 6.64. The van der Waals surface area contributed by atoms with E-state index in [0.717, 1.165) is 16.1 Å². The van der Waals surface area contributed by atoms with Gasteiger partial charge in [0.05, 0.1) is 16.3 Å². The standard InChI is InChI=1S/C17H11N3OS2/c21-16-9-13(6-5-12-3-1-7-18-10-12)19-17-20(16)14(11-23-17)15-4-2-8-22-15/h1-11H/b6-5+. The lowest BCUT2D eigenvalue weighted by Gasteiger charge is -1.99. The van der Waals surface area contributed by atoms with Crippen molar-refractivity contribution in [3.8, 4) is 10.6 Å². The summed E-state index contributed by atoms with van der Waals surface area (Å²) in [5.74, 6) is 0. The maximum atomic E-state index is 12.5. The number of thiophene rings is 1. The zero-order chi connectivity index (χ0) is 15.6. The monoisotopic (exact) mass is 337 g/mol. The van der Waals surface area contributed by atoms with E-state index in [1.54, 1.807) is 34.2 Å². The third-order valence-electron chi connectivity index (χ3n) is 3.33. The molecule has 112 valence electrons. The van der Waals surface area contributed by atoms with Crippen molar-refractivity contribution in [3.63, 3.8) is 0 Å². The molecule has 0 radical (unpaired) electrons. The number of hydrogen-bond acceptors (Lipinski definition) is 5. The molecule has 0 saturated heterocycles. The van der Waals surface area contributed by atoms with Gasteiger partial charge in [0.1, 0.15) is 0 Å². The van der Waals surface area contributed by atoms with Crippen molar-refractivity contribution >= 4 is 39.8 Å². The quantitative estimate of drug-likeness (QED) is 0.566. The van der Waals surface area contributed by atoms with Crippen LogP contribution in [0.4, 0.5) is 0 Å². The van der Waals surface area contributed by atoms with E-state index in [2.05, 4.69) is 9.97 Å². The molecule has 4 rings (SSSR count). The molecule has 4 heterocycles. The molecule has 4 aromatic rings. The van der Waals surface area contributed by atoms with E-state index in [-0.39, 0.29) is 5.56 Å². The van der Waals surface area contributed by atoms with Crippen LogP contribution in [-0.2, 0) is 0 Å². The van der Waals surface area contributed by atoms with Gasteiger partial charge in [-0.05, 0) is 29.2 Å². The van der Waals surface area contributed by atoms with Gasteiger partial charge in [0.2, 0.25) is 0 Å². The fourth-order valence-electron chi connectivity index (χ4n) is 2.27. The highest BCUT2D eigenvalue weighted by Crippen LogP contribution is 2.27. The molecular formula is C17H11N3OS2. The second kappa shape index (κ2) is 5.91. The minimum atomic E-state index is -0.0644. The van der Waals surface area contributed by atoms with E-state index in [1.807, 2.05) is 47.2 Å². The van der Waals surface area contributed by atoms with Crippen LogP contribution in [-0.4, -0.2) is 14.4 Å². The molecule has 23 heavy (non-hydrogen) atoms. The Morgan fingerprint density at radius 3 is 2.87 bits per heavy atom. The first kappa shape index (κ1) is 14.0. The summed E-state index contributed by atoms with van der Waals surface area (Å²) < 4.78 is 1.66. The maximum absolute atomic E-state index is 12.5. The molecule has 0 unspecified atom stereocenters. The van der Waals surface area contributed by atoms with E-state index >= 15 is 0 Å².